The lowest BCUT2D eigenvalue weighted by molar-refractivity contribution is -0.130. The molecule has 1 amide bonds. The van der Waals surface area contributed by atoms with Crippen molar-refractivity contribution < 1.29 is 9.90 Å². The molecule has 0 aromatic carbocycles. The number of aliphatic hydroxyl groups excluding tert-OH is 1. The summed E-state index contributed by atoms with van der Waals surface area (Å²) < 4.78 is 0. The van der Waals surface area contributed by atoms with Crippen LogP contribution in [0.15, 0.2) is 0 Å². The maximum absolute atomic E-state index is 12.3. The number of likely N-dealkylation sites (N-methyl/N-ethyl adjacent to an activating group) is 1. The molecule has 1 fully saturated rings. The fourth-order valence-corrected chi connectivity index (χ4v) is 3.29. The molecule has 22 heavy (non-hydrogen) atoms. The lowest BCUT2D eigenvalue weighted by atomic mass is 9.83. The molecule has 1 rings (SSSR count). The largest absolute Gasteiger partial charge is 0.396 e. The van der Waals surface area contributed by atoms with E-state index in [1.54, 1.807) is 4.90 Å². The van der Waals surface area contributed by atoms with Crippen molar-refractivity contribution in [2.24, 2.45) is 11.8 Å². The predicted octanol–water partition coefficient (Wildman–Crippen LogP) is 1.92. The summed E-state index contributed by atoms with van der Waals surface area (Å²) in [6, 6.07) is 2.40. The van der Waals surface area contributed by atoms with Gasteiger partial charge in [0.25, 0.3) is 0 Å². The van der Waals surface area contributed by atoms with E-state index in [0.717, 1.165) is 0 Å². The Morgan fingerprint density at radius 3 is 2.64 bits per heavy atom. The topological polar surface area (TPSA) is 76.4 Å². The fraction of sp³-hybridized carbons (Fsp3) is 0.882. The zero-order chi connectivity index (χ0) is 16.4. The zero-order valence-corrected chi connectivity index (χ0v) is 14.1. The van der Waals surface area contributed by atoms with Gasteiger partial charge in [-0.15, -0.1) is 0 Å². The smallest absolute Gasteiger partial charge is 0.236 e. The third-order valence-electron chi connectivity index (χ3n) is 4.62. The molecule has 0 radical (unpaired) electrons. The Morgan fingerprint density at radius 2 is 2.09 bits per heavy atom. The highest BCUT2D eigenvalue weighted by atomic mass is 16.3. The number of nitriles is 1. The van der Waals surface area contributed by atoms with Crippen molar-refractivity contribution in [3.05, 3.63) is 0 Å². The number of rotatable bonds is 9. The maximum Gasteiger partial charge on any atom is 0.236 e. The Bertz CT molecular complexity index is 361. The maximum atomic E-state index is 12.3. The van der Waals surface area contributed by atoms with E-state index in [-0.39, 0.29) is 24.5 Å². The summed E-state index contributed by atoms with van der Waals surface area (Å²) in [5, 5.41) is 21.5. The van der Waals surface area contributed by atoms with Crippen LogP contribution in [0.2, 0.25) is 0 Å². The van der Waals surface area contributed by atoms with E-state index in [2.05, 4.69) is 11.4 Å². The minimum atomic E-state index is -0.143. The van der Waals surface area contributed by atoms with E-state index < -0.39 is 0 Å². The van der Waals surface area contributed by atoms with Gasteiger partial charge in [-0.2, -0.15) is 5.26 Å². The van der Waals surface area contributed by atoms with E-state index in [1.165, 1.54) is 32.1 Å². The number of carbonyl (C=O) groups is 1. The van der Waals surface area contributed by atoms with Crippen LogP contribution in [0.1, 0.15) is 52.4 Å². The van der Waals surface area contributed by atoms with Crippen molar-refractivity contribution in [2.45, 2.75) is 58.4 Å². The molecule has 0 aliphatic heterocycles. The fourth-order valence-electron chi connectivity index (χ4n) is 3.29. The van der Waals surface area contributed by atoms with Gasteiger partial charge in [-0.1, -0.05) is 19.3 Å². The first-order valence-corrected chi connectivity index (χ1v) is 8.64. The first-order valence-electron chi connectivity index (χ1n) is 8.64. The Hall–Kier alpha value is -1.12. The summed E-state index contributed by atoms with van der Waals surface area (Å²) >= 11 is 0. The molecule has 1 aliphatic carbocycles. The van der Waals surface area contributed by atoms with Crippen LogP contribution in [0.5, 0.6) is 0 Å². The van der Waals surface area contributed by atoms with Crippen molar-refractivity contribution in [3.8, 4) is 6.07 Å². The van der Waals surface area contributed by atoms with Crippen molar-refractivity contribution in [3.63, 3.8) is 0 Å². The minimum absolute atomic E-state index is 0.0448. The molecule has 126 valence electrons. The van der Waals surface area contributed by atoms with Crippen LogP contribution in [0.25, 0.3) is 0 Å². The Labute approximate surface area is 134 Å². The summed E-state index contributed by atoms with van der Waals surface area (Å²) in [7, 11) is 0. The average molecular weight is 309 g/mol. The van der Waals surface area contributed by atoms with E-state index in [1.807, 2.05) is 13.8 Å². The van der Waals surface area contributed by atoms with Crippen molar-refractivity contribution in [2.75, 3.05) is 26.2 Å². The lowest BCUT2D eigenvalue weighted by Gasteiger charge is -2.31. The molecule has 5 nitrogen and oxygen atoms in total. The standard InChI is InChI=1S/C17H31N3O2/c1-3-20(13-14(2)11-18)17(22)12-19-16(9-10-21)15-7-5-4-6-8-15/h14-16,19,21H,3-10,12-13H2,1-2H3. The molecular formula is C17H31N3O2. The van der Waals surface area contributed by atoms with Crippen LogP contribution in [0.4, 0.5) is 0 Å². The number of amides is 1. The molecule has 0 aromatic rings. The van der Waals surface area contributed by atoms with E-state index >= 15 is 0 Å². The van der Waals surface area contributed by atoms with Gasteiger partial charge in [0.05, 0.1) is 18.5 Å². The summed E-state index contributed by atoms with van der Waals surface area (Å²) in [4.78, 5) is 14.0. The van der Waals surface area contributed by atoms with Gasteiger partial charge in [-0.3, -0.25) is 4.79 Å². The average Bonchev–Trinajstić information content (AvgIpc) is 2.56. The van der Waals surface area contributed by atoms with Crippen molar-refractivity contribution >= 4 is 5.91 Å². The van der Waals surface area contributed by atoms with Crippen LogP contribution in [-0.4, -0.2) is 48.2 Å². The predicted molar refractivity (Wildman–Crippen MR) is 87.1 cm³/mol. The van der Waals surface area contributed by atoms with Crippen LogP contribution >= 0.6 is 0 Å². The number of hydrogen-bond acceptors (Lipinski definition) is 4. The molecule has 2 atom stereocenters. The molecule has 0 spiro atoms. The third-order valence-corrected chi connectivity index (χ3v) is 4.62. The second kappa shape index (κ2) is 10.6. The van der Waals surface area contributed by atoms with E-state index in [9.17, 15) is 9.90 Å². The molecule has 2 N–H and O–H groups in total. The first-order chi connectivity index (χ1) is 10.6. The zero-order valence-electron chi connectivity index (χ0n) is 14.1. The monoisotopic (exact) mass is 309 g/mol. The van der Waals surface area contributed by atoms with Gasteiger partial charge in [0, 0.05) is 25.7 Å². The molecule has 5 heteroatoms. The number of carbonyl (C=O) groups excluding carboxylic acids is 1. The van der Waals surface area contributed by atoms with Crippen LogP contribution in [-0.2, 0) is 4.79 Å². The summed E-state index contributed by atoms with van der Waals surface area (Å²) in [6.45, 7) is 5.34. The van der Waals surface area contributed by atoms with E-state index in [0.29, 0.717) is 32.0 Å². The highest BCUT2D eigenvalue weighted by Gasteiger charge is 2.24. The lowest BCUT2D eigenvalue weighted by Crippen LogP contribution is -2.46. The number of nitrogens with zero attached hydrogens (tertiary/aromatic N) is 2. The molecule has 1 saturated carbocycles. The van der Waals surface area contributed by atoms with Gasteiger partial charge >= 0.3 is 0 Å². The molecule has 0 aromatic heterocycles. The van der Waals surface area contributed by atoms with E-state index in [4.69, 9.17) is 5.26 Å². The van der Waals surface area contributed by atoms with Crippen LogP contribution in [0.3, 0.4) is 0 Å². The Kier molecular flexibility index (Phi) is 9.10. The molecule has 0 heterocycles. The second-order valence-electron chi connectivity index (χ2n) is 6.36. The quantitative estimate of drug-likeness (QED) is 0.682. The molecule has 0 saturated heterocycles. The van der Waals surface area contributed by atoms with Crippen LogP contribution in [0, 0.1) is 23.2 Å². The highest BCUT2D eigenvalue weighted by molar-refractivity contribution is 5.78. The molecular weight excluding hydrogens is 278 g/mol. The van der Waals surface area contributed by atoms with Gasteiger partial charge in [-0.05, 0) is 39.0 Å². The van der Waals surface area contributed by atoms with Gasteiger partial charge in [-0.25, -0.2) is 0 Å². The first kappa shape index (κ1) is 18.9. The van der Waals surface area contributed by atoms with Crippen molar-refractivity contribution in [1.29, 1.82) is 5.26 Å². The number of aliphatic hydroxyl groups is 1. The van der Waals surface area contributed by atoms with Crippen LogP contribution < -0.4 is 5.32 Å². The normalized spacial score (nSPS) is 18.5. The Balaban J connectivity index is 2.48. The van der Waals surface area contributed by atoms with Gasteiger partial charge in [0.1, 0.15) is 0 Å². The molecule has 1 aliphatic rings. The van der Waals surface area contributed by atoms with Gasteiger partial charge in [0.2, 0.25) is 5.91 Å². The summed E-state index contributed by atoms with van der Waals surface area (Å²) in [5.74, 6) is 0.473. The van der Waals surface area contributed by atoms with Gasteiger partial charge in [0.15, 0.2) is 0 Å². The number of hydrogen-bond donors (Lipinski definition) is 2. The highest BCUT2D eigenvalue weighted by Crippen LogP contribution is 2.27. The SMILES string of the molecule is CCN(CC(C)C#N)C(=O)CNC(CCO)C1CCCCC1. The number of nitrogens with one attached hydrogen (secondary N) is 1. The third kappa shape index (κ3) is 6.33. The molecule has 2 unspecified atom stereocenters. The summed E-state index contributed by atoms with van der Waals surface area (Å²) in [5.41, 5.74) is 0. The second-order valence-corrected chi connectivity index (χ2v) is 6.36. The van der Waals surface area contributed by atoms with Gasteiger partial charge < -0.3 is 15.3 Å². The summed E-state index contributed by atoms with van der Waals surface area (Å²) in [6.07, 6.45) is 6.89. The Morgan fingerprint density at radius 1 is 1.41 bits per heavy atom. The minimum Gasteiger partial charge on any atom is -0.396 e. The molecule has 0 bridgehead atoms. The van der Waals surface area contributed by atoms with Crippen molar-refractivity contribution in [1.82, 2.24) is 10.2 Å².